The van der Waals surface area contributed by atoms with Crippen LogP contribution in [0, 0.1) is 5.41 Å². The maximum absolute atomic E-state index is 12.5. The van der Waals surface area contributed by atoms with Crippen molar-refractivity contribution < 1.29 is 9.59 Å². The second-order valence-corrected chi connectivity index (χ2v) is 12.2. The van der Waals surface area contributed by atoms with Gasteiger partial charge in [0.1, 0.15) is 5.69 Å². The van der Waals surface area contributed by atoms with E-state index in [2.05, 4.69) is 42.6 Å². The lowest BCUT2D eigenvalue weighted by Crippen LogP contribution is -2.19. The third kappa shape index (κ3) is 5.03. The zero-order valence-corrected chi connectivity index (χ0v) is 23.4. The van der Waals surface area contributed by atoms with E-state index in [1.54, 1.807) is 25.5 Å². The van der Waals surface area contributed by atoms with E-state index in [1.807, 2.05) is 57.3 Å². The van der Waals surface area contributed by atoms with Gasteiger partial charge in [-0.2, -0.15) is 5.10 Å². The summed E-state index contributed by atoms with van der Waals surface area (Å²) < 4.78 is 0. The molecule has 40 heavy (non-hydrogen) atoms. The van der Waals surface area contributed by atoms with Gasteiger partial charge in [-0.1, -0.05) is 26.8 Å². The number of nitrogens with zero attached hydrogens (tertiary/aromatic N) is 3. The molecule has 0 fully saturated rings. The number of benzene rings is 1. The molecule has 200 valence electrons. The van der Waals surface area contributed by atoms with E-state index in [-0.39, 0.29) is 17.1 Å². The van der Waals surface area contributed by atoms with E-state index < -0.39 is 0 Å². The van der Waals surface area contributed by atoms with Crippen LogP contribution >= 0.6 is 11.3 Å². The molecule has 0 atom stereocenters. The molecule has 6 rings (SSSR count). The van der Waals surface area contributed by atoms with Gasteiger partial charge in [0.25, 0.3) is 0 Å². The fourth-order valence-corrected chi connectivity index (χ4v) is 5.72. The number of hydrogen-bond acceptors (Lipinski definition) is 6. The SMILES string of the molecule is CC(=O)c1ccc(-c2cncc3[nH]c(-c4n[nH]c5ccc(-c6cncc(NC(=O)CC(C)(C)C)c6)cc45)cc23)s1. The van der Waals surface area contributed by atoms with Crippen LogP contribution in [-0.2, 0) is 4.79 Å². The molecule has 0 saturated carbocycles. The van der Waals surface area contributed by atoms with Crippen LogP contribution in [-0.4, -0.2) is 36.8 Å². The molecule has 0 radical (unpaired) electrons. The van der Waals surface area contributed by atoms with Gasteiger partial charge in [-0.15, -0.1) is 11.3 Å². The lowest BCUT2D eigenvalue weighted by atomic mass is 9.92. The molecule has 0 unspecified atom stereocenters. The number of amides is 1. The minimum absolute atomic E-state index is 0.0354. The molecule has 1 amide bonds. The third-order valence-corrected chi connectivity index (χ3v) is 7.85. The monoisotopic (exact) mass is 548 g/mol. The van der Waals surface area contributed by atoms with Crippen molar-refractivity contribution in [3.63, 3.8) is 0 Å². The quantitative estimate of drug-likeness (QED) is 0.187. The summed E-state index contributed by atoms with van der Waals surface area (Å²) in [5, 5.41) is 12.7. The number of ketones is 1. The van der Waals surface area contributed by atoms with Gasteiger partial charge in [-0.05, 0) is 54.3 Å². The van der Waals surface area contributed by atoms with E-state index in [9.17, 15) is 9.59 Å². The number of anilines is 1. The maximum Gasteiger partial charge on any atom is 0.224 e. The van der Waals surface area contributed by atoms with E-state index in [0.717, 1.165) is 59.6 Å². The van der Waals surface area contributed by atoms with Crippen molar-refractivity contribution in [2.24, 2.45) is 5.41 Å². The first-order chi connectivity index (χ1) is 19.1. The Morgan fingerprint density at radius 2 is 1.73 bits per heavy atom. The summed E-state index contributed by atoms with van der Waals surface area (Å²) in [5.41, 5.74) is 6.83. The number of thiophene rings is 1. The molecule has 1 aromatic carbocycles. The molecule has 0 aliphatic heterocycles. The molecule has 9 heteroatoms. The Bertz CT molecular complexity index is 1910. The molecule has 8 nitrogen and oxygen atoms in total. The zero-order valence-electron chi connectivity index (χ0n) is 22.6. The Balaban J connectivity index is 1.36. The Morgan fingerprint density at radius 3 is 2.50 bits per heavy atom. The number of carbonyl (C=O) groups is 2. The second-order valence-electron chi connectivity index (χ2n) is 11.1. The minimum Gasteiger partial charge on any atom is -0.352 e. The van der Waals surface area contributed by atoms with Crippen molar-refractivity contribution in [2.75, 3.05) is 5.32 Å². The van der Waals surface area contributed by atoms with E-state index >= 15 is 0 Å². The highest BCUT2D eigenvalue weighted by atomic mass is 32.1. The van der Waals surface area contributed by atoms with Crippen LogP contribution in [0.15, 0.2) is 67.3 Å². The lowest BCUT2D eigenvalue weighted by Gasteiger charge is -2.17. The van der Waals surface area contributed by atoms with E-state index in [1.165, 1.54) is 11.3 Å². The molecule has 5 aromatic heterocycles. The second kappa shape index (κ2) is 9.84. The van der Waals surface area contributed by atoms with Gasteiger partial charge >= 0.3 is 0 Å². The number of Topliss-reactive ketones (excluding diaryl/α,β-unsaturated/α-hetero) is 1. The Hall–Kier alpha value is -4.63. The standard InChI is InChI=1S/C31H28N6O2S/c1-17(38)27-7-8-28(40-27)23-15-33-16-26-21(23)11-25(35-26)30-22-10-18(5-6-24(22)36-37-30)19-9-20(14-32-13-19)34-29(39)12-31(2,3)4/h5-11,13-16,35H,12H2,1-4H3,(H,34,39)(H,36,37). The summed E-state index contributed by atoms with van der Waals surface area (Å²) >= 11 is 1.47. The van der Waals surface area contributed by atoms with Crippen LogP contribution in [0.5, 0.6) is 0 Å². The van der Waals surface area contributed by atoms with Crippen LogP contribution in [0.3, 0.4) is 0 Å². The highest BCUT2D eigenvalue weighted by Gasteiger charge is 2.18. The number of nitrogens with one attached hydrogen (secondary N) is 3. The molecule has 0 saturated heterocycles. The lowest BCUT2D eigenvalue weighted by molar-refractivity contribution is -0.117. The fourth-order valence-electron chi connectivity index (χ4n) is 4.80. The van der Waals surface area contributed by atoms with Gasteiger partial charge in [0.15, 0.2) is 5.78 Å². The van der Waals surface area contributed by atoms with Gasteiger partial charge in [0.05, 0.1) is 39.7 Å². The van der Waals surface area contributed by atoms with Crippen molar-refractivity contribution in [1.82, 2.24) is 25.1 Å². The Morgan fingerprint density at radius 1 is 0.900 bits per heavy atom. The number of aromatic amines is 2. The highest BCUT2D eigenvalue weighted by molar-refractivity contribution is 7.17. The van der Waals surface area contributed by atoms with E-state index in [4.69, 9.17) is 0 Å². The topological polar surface area (TPSA) is 116 Å². The van der Waals surface area contributed by atoms with Crippen LogP contribution in [0.2, 0.25) is 0 Å². The van der Waals surface area contributed by atoms with Crippen molar-refractivity contribution in [3.05, 3.63) is 72.1 Å². The van der Waals surface area contributed by atoms with Gasteiger partial charge in [-0.3, -0.25) is 24.7 Å². The van der Waals surface area contributed by atoms with Gasteiger partial charge in [0, 0.05) is 45.6 Å². The molecular formula is C31H28N6O2S. The summed E-state index contributed by atoms with van der Waals surface area (Å²) in [4.78, 5) is 38.3. The normalized spacial score (nSPS) is 11.8. The number of H-pyrrole nitrogens is 2. The number of fused-ring (bicyclic) bond motifs is 2. The van der Waals surface area contributed by atoms with Crippen LogP contribution in [0.1, 0.15) is 43.8 Å². The Kier molecular flexibility index (Phi) is 6.31. The molecule has 0 aliphatic rings. The average Bonchev–Trinajstić information content (AvgIpc) is 3.65. The minimum atomic E-state index is -0.0987. The number of aromatic nitrogens is 5. The smallest absolute Gasteiger partial charge is 0.224 e. The summed E-state index contributed by atoms with van der Waals surface area (Å²) in [6, 6.07) is 13.9. The fraction of sp³-hybridized carbons (Fsp3) is 0.194. The third-order valence-electron chi connectivity index (χ3n) is 6.63. The highest BCUT2D eigenvalue weighted by Crippen LogP contribution is 2.37. The first-order valence-electron chi connectivity index (χ1n) is 13.0. The van der Waals surface area contributed by atoms with Crippen LogP contribution in [0.25, 0.3) is 54.8 Å². The largest absolute Gasteiger partial charge is 0.352 e. The molecule has 6 aromatic rings. The number of rotatable bonds is 6. The molecule has 3 N–H and O–H groups in total. The molecule has 0 bridgehead atoms. The number of hydrogen-bond donors (Lipinski definition) is 3. The van der Waals surface area contributed by atoms with Crippen molar-refractivity contribution >= 4 is 50.5 Å². The van der Waals surface area contributed by atoms with Gasteiger partial charge in [-0.25, -0.2) is 0 Å². The molecular weight excluding hydrogens is 520 g/mol. The van der Waals surface area contributed by atoms with Gasteiger partial charge < -0.3 is 10.3 Å². The van der Waals surface area contributed by atoms with Crippen LogP contribution in [0.4, 0.5) is 5.69 Å². The van der Waals surface area contributed by atoms with Gasteiger partial charge in [0.2, 0.25) is 5.91 Å². The summed E-state index contributed by atoms with van der Waals surface area (Å²) in [6.45, 7) is 7.69. The van der Waals surface area contributed by atoms with Crippen LogP contribution < -0.4 is 5.32 Å². The van der Waals surface area contributed by atoms with E-state index in [0.29, 0.717) is 12.1 Å². The predicted molar refractivity (Wildman–Crippen MR) is 160 cm³/mol. The first-order valence-corrected chi connectivity index (χ1v) is 13.8. The summed E-state index contributed by atoms with van der Waals surface area (Å²) in [7, 11) is 0. The molecule has 0 spiro atoms. The summed E-state index contributed by atoms with van der Waals surface area (Å²) in [5.74, 6) is 0.0183. The maximum atomic E-state index is 12.5. The molecule has 0 aliphatic carbocycles. The number of pyridine rings is 2. The predicted octanol–water partition coefficient (Wildman–Crippen LogP) is 7.47. The van der Waals surface area contributed by atoms with Crippen molar-refractivity contribution in [1.29, 1.82) is 0 Å². The summed E-state index contributed by atoms with van der Waals surface area (Å²) in [6.07, 6.45) is 7.50. The number of carbonyl (C=O) groups excluding carboxylic acids is 2. The Labute approximate surface area is 234 Å². The zero-order chi connectivity index (χ0) is 28.0. The first kappa shape index (κ1) is 25.6. The van der Waals surface area contributed by atoms with Crippen molar-refractivity contribution in [3.8, 4) is 33.0 Å². The average molecular weight is 549 g/mol. The van der Waals surface area contributed by atoms with Crippen molar-refractivity contribution in [2.45, 2.75) is 34.1 Å². The molecule has 5 heterocycles.